The number of halogens is 2. The molecule has 6 N–H and O–H groups in total. The zero-order valence-electron chi connectivity index (χ0n) is 27.8. The van der Waals surface area contributed by atoms with Gasteiger partial charge in [0.25, 0.3) is 0 Å². The lowest BCUT2D eigenvalue weighted by Crippen LogP contribution is -2.48. The van der Waals surface area contributed by atoms with E-state index in [1.54, 1.807) is 43.5 Å². The Bertz CT molecular complexity index is 1780. The van der Waals surface area contributed by atoms with Crippen LogP contribution in [0.3, 0.4) is 0 Å². The topological polar surface area (TPSA) is 178 Å². The van der Waals surface area contributed by atoms with Crippen molar-refractivity contribution in [2.45, 2.75) is 39.1 Å². The van der Waals surface area contributed by atoms with Gasteiger partial charge in [0.05, 0.1) is 59.6 Å². The molecule has 0 saturated carbocycles. The number of nitrogens with one attached hydrogen (secondary N) is 1. The lowest BCUT2D eigenvalue weighted by atomic mass is 9.92. The second kappa shape index (κ2) is 17.8. The number of nitriles is 1. The molecule has 0 atom stereocenters. The fourth-order valence-electron chi connectivity index (χ4n) is 4.85. The molecule has 3 aromatic carbocycles. The number of aromatic nitrogens is 1. The van der Waals surface area contributed by atoms with Crippen molar-refractivity contribution in [1.82, 2.24) is 10.3 Å². The fraction of sp³-hybridized carbons (Fsp3) is 0.351. The van der Waals surface area contributed by atoms with Gasteiger partial charge in [-0.2, -0.15) is 5.26 Å². The Hall–Kier alpha value is -3.96. The van der Waals surface area contributed by atoms with Gasteiger partial charge in [-0.1, -0.05) is 53.5 Å². The van der Waals surface area contributed by atoms with E-state index < -0.39 is 30.8 Å². The molecule has 4 aromatic rings. The van der Waals surface area contributed by atoms with E-state index in [1.165, 1.54) is 6.20 Å². The summed E-state index contributed by atoms with van der Waals surface area (Å²) in [6.07, 6.45) is 3.07. The van der Waals surface area contributed by atoms with Gasteiger partial charge >= 0.3 is 0 Å². The maximum atomic E-state index is 9.76. The van der Waals surface area contributed by atoms with E-state index in [9.17, 15) is 30.8 Å². The minimum atomic E-state index is -1.22. The van der Waals surface area contributed by atoms with Crippen molar-refractivity contribution >= 4 is 23.2 Å². The first-order valence-electron chi connectivity index (χ1n) is 15.8. The summed E-state index contributed by atoms with van der Waals surface area (Å²) in [6.45, 7) is 2.00. The molecule has 13 heteroatoms. The van der Waals surface area contributed by atoms with E-state index in [4.69, 9.17) is 37.4 Å². The second-order valence-electron chi connectivity index (χ2n) is 12.4. The minimum absolute atomic E-state index is 0.111. The highest BCUT2D eigenvalue weighted by atomic mass is 35.5. The number of nitrogens with zero attached hydrogens (tertiary/aromatic N) is 2. The van der Waals surface area contributed by atoms with Gasteiger partial charge < -0.3 is 45.1 Å². The van der Waals surface area contributed by atoms with Crippen LogP contribution in [0.1, 0.15) is 34.7 Å². The van der Waals surface area contributed by atoms with Crippen LogP contribution in [0.4, 0.5) is 0 Å². The highest BCUT2D eigenvalue weighted by molar-refractivity contribution is 6.35. The van der Waals surface area contributed by atoms with Crippen LogP contribution >= 0.6 is 23.2 Å². The number of ether oxygens (including phenoxy) is 3. The first-order chi connectivity index (χ1) is 24.0. The smallest absolute Gasteiger partial charge is 0.142 e. The van der Waals surface area contributed by atoms with Crippen molar-refractivity contribution < 1.29 is 39.7 Å². The van der Waals surface area contributed by atoms with E-state index in [-0.39, 0.29) is 39.6 Å². The SMILES string of the molecule is Cc1c(COc2cc(OCc3cncc(C#N)c3)c(CNC(C)(CO)CO)cc2Cl)cccc1-c1cccc(OCC(CO)(CO)CO)c1Cl. The maximum Gasteiger partial charge on any atom is 0.142 e. The van der Waals surface area contributed by atoms with E-state index in [0.717, 1.165) is 16.7 Å². The van der Waals surface area contributed by atoms with Crippen molar-refractivity contribution in [3.8, 4) is 34.4 Å². The molecule has 0 spiro atoms. The van der Waals surface area contributed by atoms with Crippen LogP contribution in [-0.2, 0) is 19.8 Å². The minimum Gasteiger partial charge on any atom is -0.491 e. The molecule has 0 aliphatic carbocycles. The Morgan fingerprint density at radius 2 is 1.46 bits per heavy atom. The molecule has 0 bridgehead atoms. The van der Waals surface area contributed by atoms with Crippen molar-refractivity contribution in [2.24, 2.45) is 5.41 Å². The maximum absolute atomic E-state index is 9.76. The van der Waals surface area contributed by atoms with Crippen LogP contribution in [0.2, 0.25) is 10.0 Å². The Morgan fingerprint density at radius 3 is 2.14 bits per heavy atom. The quantitative estimate of drug-likeness (QED) is 0.0847. The van der Waals surface area contributed by atoms with Gasteiger partial charge in [0.1, 0.15) is 43.1 Å². The van der Waals surface area contributed by atoms with Gasteiger partial charge in [0.15, 0.2) is 0 Å². The summed E-state index contributed by atoms with van der Waals surface area (Å²) in [7, 11) is 0. The number of benzene rings is 3. The Morgan fingerprint density at radius 1 is 0.780 bits per heavy atom. The number of pyridine rings is 1. The molecule has 1 heterocycles. The molecule has 11 nitrogen and oxygen atoms in total. The van der Waals surface area contributed by atoms with E-state index in [1.807, 2.05) is 31.2 Å². The zero-order chi connectivity index (χ0) is 36.3. The summed E-state index contributed by atoms with van der Waals surface area (Å²) in [5, 5.41) is 61.6. The summed E-state index contributed by atoms with van der Waals surface area (Å²) >= 11 is 13.5. The summed E-state index contributed by atoms with van der Waals surface area (Å²) < 4.78 is 18.3. The largest absolute Gasteiger partial charge is 0.491 e. The second-order valence-corrected chi connectivity index (χ2v) is 13.1. The molecule has 0 aliphatic heterocycles. The van der Waals surface area contributed by atoms with E-state index in [2.05, 4.69) is 16.4 Å². The van der Waals surface area contributed by atoms with Crippen LogP contribution in [-0.4, -0.2) is 75.7 Å². The number of rotatable bonds is 18. The molecule has 0 amide bonds. The number of hydrogen-bond donors (Lipinski definition) is 6. The molecule has 50 heavy (non-hydrogen) atoms. The molecule has 1 aromatic heterocycles. The summed E-state index contributed by atoms with van der Waals surface area (Å²) in [6, 6.07) is 18.2. The molecule has 0 saturated heterocycles. The third-order valence-electron chi connectivity index (χ3n) is 8.46. The van der Waals surface area contributed by atoms with Gasteiger partial charge in [-0.15, -0.1) is 0 Å². The van der Waals surface area contributed by atoms with Gasteiger partial charge in [0.2, 0.25) is 0 Å². The van der Waals surface area contributed by atoms with Crippen LogP contribution in [0, 0.1) is 23.7 Å². The van der Waals surface area contributed by atoms with E-state index in [0.29, 0.717) is 49.5 Å². The Balaban J connectivity index is 1.58. The predicted octanol–water partition coefficient (Wildman–Crippen LogP) is 4.57. The van der Waals surface area contributed by atoms with Crippen LogP contribution in [0.25, 0.3) is 11.1 Å². The first-order valence-corrected chi connectivity index (χ1v) is 16.5. The molecule has 0 aliphatic rings. The fourth-order valence-corrected chi connectivity index (χ4v) is 5.38. The number of hydrogen-bond acceptors (Lipinski definition) is 11. The standard InChI is InChI=1S/C37H41Cl2N3O8/c1-24-27(5-3-6-29(24)30-7-4-8-32(35(30)39)50-23-37(20-45,21-46)22-47)17-49-34-11-33(48-16-26-9-25(12-40)13-41-14-26)28(10-31(34)38)15-42-36(2,18-43)19-44/h3-11,13-14,42-47H,15-23H2,1-2H3. The highest BCUT2D eigenvalue weighted by Crippen LogP contribution is 2.39. The number of aliphatic hydroxyl groups is 5. The average molecular weight is 727 g/mol. The molecule has 0 fully saturated rings. The van der Waals surface area contributed by atoms with Crippen molar-refractivity contribution in [3.05, 3.63) is 105 Å². The van der Waals surface area contributed by atoms with Crippen LogP contribution < -0.4 is 19.5 Å². The summed E-state index contributed by atoms with van der Waals surface area (Å²) in [4.78, 5) is 4.09. The normalized spacial score (nSPS) is 11.7. The molecule has 266 valence electrons. The van der Waals surface area contributed by atoms with Crippen molar-refractivity contribution in [2.75, 3.05) is 39.6 Å². The average Bonchev–Trinajstić information content (AvgIpc) is 3.15. The van der Waals surface area contributed by atoms with Gasteiger partial charge in [-0.05, 0) is 48.7 Å². The molecular weight excluding hydrogens is 685 g/mol. The van der Waals surface area contributed by atoms with Crippen molar-refractivity contribution in [1.29, 1.82) is 5.26 Å². The first kappa shape index (κ1) is 38.8. The van der Waals surface area contributed by atoms with Crippen molar-refractivity contribution in [3.63, 3.8) is 0 Å². The van der Waals surface area contributed by atoms with Gasteiger partial charge in [-0.3, -0.25) is 4.98 Å². The third kappa shape index (κ3) is 9.42. The van der Waals surface area contributed by atoms with E-state index >= 15 is 0 Å². The lowest BCUT2D eigenvalue weighted by Gasteiger charge is -2.27. The predicted molar refractivity (Wildman–Crippen MR) is 189 cm³/mol. The third-order valence-corrected chi connectivity index (χ3v) is 9.14. The van der Waals surface area contributed by atoms with Crippen LogP contribution in [0.5, 0.6) is 17.2 Å². The monoisotopic (exact) mass is 725 g/mol. The molecule has 0 radical (unpaired) electrons. The molecular formula is C37H41Cl2N3O8. The molecule has 0 unspecified atom stereocenters. The zero-order valence-corrected chi connectivity index (χ0v) is 29.3. The Kier molecular flexibility index (Phi) is 13.8. The van der Waals surface area contributed by atoms with Gasteiger partial charge in [0, 0.05) is 41.7 Å². The summed E-state index contributed by atoms with van der Waals surface area (Å²) in [5.41, 5.74) is 2.87. The number of aliphatic hydroxyl groups excluding tert-OH is 5. The Labute approximate surface area is 301 Å². The molecule has 4 rings (SSSR count). The van der Waals surface area contributed by atoms with Gasteiger partial charge in [-0.25, -0.2) is 0 Å². The highest BCUT2D eigenvalue weighted by Gasteiger charge is 2.30. The summed E-state index contributed by atoms with van der Waals surface area (Å²) in [5.74, 6) is 1.14. The lowest BCUT2D eigenvalue weighted by molar-refractivity contribution is -0.0258. The van der Waals surface area contributed by atoms with Crippen LogP contribution in [0.15, 0.2) is 67.0 Å².